The number of hydrogen-bond donors (Lipinski definition) is 2. The Kier molecular flexibility index (Phi) is 11.8. The van der Waals surface area contributed by atoms with Crippen LogP contribution < -0.4 is 15.4 Å². The Morgan fingerprint density at radius 1 is 0.917 bits per heavy atom. The second kappa shape index (κ2) is 14.8. The summed E-state index contributed by atoms with van der Waals surface area (Å²) in [4.78, 5) is 12.4. The number of anilines is 1. The Morgan fingerprint density at radius 3 is 2.17 bits per heavy atom. The van der Waals surface area contributed by atoms with Gasteiger partial charge in [0.15, 0.2) is 12.1 Å². The van der Waals surface area contributed by atoms with Crippen LogP contribution in [0.1, 0.15) is 85.0 Å². The monoisotopic (exact) mass is 506 g/mol. The molecule has 2 fully saturated rings. The molecule has 2 aliphatic rings. The predicted molar refractivity (Wildman–Crippen MR) is 140 cm³/mol. The molecule has 0 saturated carbocycles. The number of nitrogens with one attached hydrogen (secondary N) is 2. The molecular formula is C28H46N2O6. The number of urea groups is 1. The highest BCUT2D eigenvalue weighted by Crippen LogP contribution is 2.39. The molecule has 204 valence electrons. The molecule has 2 N–H and O–H groups in total. The van der Waals surface area contributed by atoms with Crippen LogP contribution in [0, 0.1) is 0 Å². The SMILES string of the molecule is CCCCCCCCCCCCO[C@H]1O[C@@H](CNC(=O)Nc2ccc(OC)cc2)[C@@H]2OC(C)(C)O[C@H]12. The van der Waals surface area contributed by atoms with Crippen molar-refractivity contribution in [1.82, 2.24) is 5.32 Å². The van der Waals surface area contributed by atoms with E-state index >= 15 is 0 Å². The van der Waals surface area contributed by atoms with E-state index in [0.717, 1.165) is 18.6 Å². The lowest BCUT2D eigenvalue weighted by Gasteiger charge is -2.24. The molecule has 0 unspecified atom stereocenters. The second-order valence-electron chi connectivity index (χ2n) is 10.2. The molecule has 1 aromatic rings. The summed E-state index contributed by atoms with van der Waals surface area (Å²) >= 11 is 0. The number of ether oxygens (including phenoxy) is 5. The number of amides is 2. The van der Waals surface area contributed by atoms with Gasteiger partial charge in [-0.15, -0.1) is 0 Å². The molecule has 2 aliphatic heterocycles. The van der Waals surface area contributed by atoms with Crippen LogP contribution in [0.3, 0.4) is 0 Å². The van der Waals surface area contributed by atoms with Crippen molar-refractivity contribution in [2.24, 2.45) is 0 Å². The van der Waals surface area contributed by atoms with E-state index in [4.69, 9.17) is 23.7 Å². The maximum absolute atomic E-state index is 12.4. The van der Waals surface area contributed by atoms with Gasteiger partial charge in [-0.1, -0.05) is 64.7 Å². The van der Waals surface area contributed by atoms with Crippen molar-refractivity contribution in [3.8, 4) is 5.75 Å². The lowest BCUT2D eigenvalue weighted by atomic mass is 10.1. The van der Waals surface area contributed by atoms with Crippen LogP contribution in [0.5, 0.6) is 5.75 Å². The summed E-state index contributed by atoms with van der Waals surface area (Å²) < 4.78 is 29.5. The average molecular weight is 507 g/mol. The van der Waals surface area contributed by atoms with Crippen LogP contribution in [-0.2, 0) is 18.9 Å². The van der Waals surface area contributed by atoms with Gasteiger partial charge in [0, 0.05) is 18.8 Å². The van der Waals surface area contributed by atoms with Crippen molar-refractivity contribution in [1.29, 1.82) is 0 Å². The van der Waals surface area contributed by atoms with Crippen LogP contribution in [0.4, 0.5) is 10.5 Å². The highest BCUT2D eigenvalue weighted by atomic mass is 16.8. The summed E-state index contributed by atoms with van der Waals surface area (Å²) in [6.07, 6.45) is 11.4. The van der Waals surface area contributed by atoms with Gasteiger partial charge >= 0.3 is 6.03 Å². The van der Waals surface area contributed by atoms with E-state index in [1.807, 2.05) is 13.8 Å². The van der Waals surface area contributed by atoms with E-state index in [9.17, 15) is 4.79 Å². The highest BCUT2D eigenvalue weighted by Gasteiger charge is 2.55. The summed E-state index contributed by atoms with van der Waals surface area (Å²) in [6, 6.07) is 6.85. The third-order valence-electron chi connectivity index (χ3n) is 6.70. The maximum atomic E-state index is 12.4. The van der Waals surface area contributed by atoms with Gasteiger partial charge in [0.25, 0.3) is 0 Å². The Labute approximate surface area is 216 Å². The van der Waals surface area contributed by atoms with Gasteiger partial charge in [0.2, 0.25) is 0 Å². The van der Waals surface area contributed by atoms with E-state index in [2.05, 4.69) is 17.6 Å². The zero-order chi connectivity index (χ0) is 25.8. The largest absolute Gasteiger partial charge is 0.497 e. The number of hydrogen-bond acceptors (Lipinski definition) is 6. The van der Waals surface area contributed by atoms with Crippen molar-refractivity contribution in [2.45, 2.75) is 115 Å². The molecule has 2 amide bonds. The molecule has 4 atom stereocenters. The van der Waals surface area contributed by atoms with Crippen molar-refractivity contribution < 1.29 is 28.5 Å². The molecule has 3 rings (SSSR count). The molecule has 0 aliphatic carbocycles. The molecule has 1 aromatic carbocycles. The summed E-state index contributed by atoms with van der Waals surface area (Å²) in [5, 5.41) is 5.69. The first-order valence-electron chi connectivity index (χ1n) is 13.7. The van der Waals surface area contributed by atoms with Crippen molar-refractivity contribution >= 4 is 11.7 Å². The molecule has 0 spiro atoms. The van der Waals surface area contributed by atoms with Crippen molar-refractivity contribution in [3.63, 3.8) is 0 Å². The maximum Gasteiger partial charge on any atom is 0.319 e. The van der Waals surface area contributed by atoms with Crippen molar-refractivity contribution in [3.05, 3.63) is 24.3 Å². The topological polar surface area (TPSA) is 87.3 Å². The van der Waals surface area contributed by atoms with E-state index in [1.54, 1.807) is 31.4 Å². The summed E-state index contributed by atoms with van der Waals surface area (Å²) in [5.41, 5.74) is 0.679. The first-order valence-corrected chi connectivity index (χ1v) is 13.7. The van der Waals surface area contributed by atoms with Gasteiger partial charge in [-0.05, 0) is 44.5 Å². The van der Waals surface area contributed by atoms with Gasteiger partial charge in [0.1, 0.15) is 24.1 Å². The summed E-state index contributed by atoms with van der Waals surface area (Å²) in [6.45, 7) is 6.97. The zero-order valence-corrected chi connectivity index (χ0v) is 22.6. The number of fused-ring (bicyclic) bond motifs is 1. The van der Waals surface area contributed by atoms with E-state index in [1.165, 1.54) is 51.4 Å². The number of carbonyl (C=O) groups is 1. The van der Waals surface area contributed by atoms with Crippen LogP contribution in [0.25, 0.3) is 0 Å². The first kappa shape index (κ1) is 28.7. The molecule has 8 heteroatoms. The van der Waals surface area contributed by atoms with Crippen LogP contribution in [0.15, 0.2) is 24.3 Å². The smallest absolute Gasteiger partial charge is 0.319 e. The minimum absolute atomic E-state index is 0.292. The minimum Gasteiger partial charge on any atom is -0.497 e. The standard InChI is InChI=1S/C28H46N2O6/c1-5-6-7-8-9-10-11-12-13-14-19-33-26-25-24(35-28(2,3)36-25)23(34-26)20-29-27(31)30-21-15-17-22(32-4)18-16-21/h15-18,23-26H,5-14,19-20H2,1-4H3,(H2,29,30,31)/t23-,24-,25-,26-/m0/s1. The second-order valence-corrected chi connectivity index (χ2v) is 10.2. The number of rotatable bonds is 16. The normalized spacial score (nSPS) is 24.4. The Balaban J connectivity index is 1.35. The Hall–Kier alpha value is -1.87. The number of unbranched alkanes of at least 4 members (excludes halogenated alkanes) is 9. The molecule has 36 heavy (non-hydrogen) atoms. The van der Waals surface area contributed by atoms with Gasteiger partial charge in [-0.2, -0.15) is 0 Å². The van der Waals surface area contributed by atoms with E-state index in [0.29, 0.717) is 18.8 Å². The van der Waals surface area contributed by atoms with Gasteiger partial charge < -0.3 is 34.3 Å². The molecular weight excluding hydrogens is 460 g/mol. The third kappa shape index (κ3) is 9.21. The molecule has 0 aromatic heterocycles. The lowest BCUT2D eigenvalue weighted by molar-refractivity contribution is -0.232. The number of benzene rings is 1. The Morgan fingerprint density at radius 2 is 1.53 bits per heavy atom. The quantitative estimate of drug-likeness (QED) is 0.268. The lowest BCUT2D eigenvalue weighted by Crippen LogP contribution is -2.41. The average Bonchev–Trinajstić information content (AvgIpc) is 3.34. The molecule has 2 saturated heterocycles. The Bertz CT molecular complexity index is 772. The fourth-order valence-electron chi connectivity index (χ4n) is 4.77. The van der Waals surface area contributed by atoms with E-state index in [-0.39, 0.29) is 24.3 Å². The summed E-state index contributed by atoms with van der Waals surface area (Å²) in [5.74, 6) is 0.0257. The van der Waals surface area contributed by atoms with Gasteiger partial charge in [0.05, 0.1) is 7.11 Å². The number of methoxy groups -OCH3 is 1. The first-order chi connectivity index (χ1) is 17.4. The fraction of sp³-hybridized carbons (Fsp3) is 0.750. The van der Waals surface area contributed by atoms with Crippen LogP contribution in [-0.4, -0.2) is 56.7 Å². The molecule has 0 bridgehead atoms. The molecule has 0 radical (unpaired) electrons. The van der Waals surface area contributed by atoms with E-state index < -0.39 is 12.1 Å². The molecule has 2 heterocycles. The zero-order valence-electron chi connectivity index (χ0n) is 22.6. The van der Waals surface area contributed by atoms with Crippen LogP contribution >= 0.6 is 0 Å². The minimum atomic E-state index is -0.707. The number of carbonyl (C=O) groups excluding carboxylic acids is 1. The van der Waals surface area contributed by atoms with Crippen molar-refractivity contribution in [2.75, 3.05) is 25.6 Å². The van der Waals surface area contributed by atoms with Gasteiger partial charge in [-0.3, -0.25) is 0 Å². The van der Waals surface area contributed by atoms with Crippen LogP contribution in [0.2, 0.25) is 0 Å². The fourth-order valence-corrected chi connectivity index (χ4v) is 4.77. The van der Waals surface area contributed by atoms with Gasteiger partial charge in [-0.25, -0.2) is 4.79 Å². The molecule has 8 nitrogen and oxygen atoms in total. The predicted octanol–water partition coefficient (Wildman–Crippen LogP) is 6.00. The third-order valence-corrected chi connectivity index (χ3v) is 6.70. The summed E-state index contributed by atoms with van der Waals surface area (Å²) in [7, 11) is 1.61. The highest BCUT2D eigenvalue weighted by molar-refractivity contribution is 5.89.